The summed E-state index contributed by atoms with van der Waals surface area (Å²) in [6, 6.07) is 12.4. The molecule has 2 aromatic rings. The molecule has 1 aromatic heterocycles. The van der Waals surface area contributed by atoms with Gasteiger partial charge in [0.25, 0.3) is 0 Å². The second-order valence-electron chi connectivity index (χ2n) is 6.17. The molecule has 0 spiro atoms. The predicted octanol–water partition coefficient (Wildman–Crippen LogP) is 2.83. The van der Waals surface area contributed by atoms with Gasteiger partial charge in [-0.1, -0.05) is 36.4 Å². The molecule has 152 valence electrons. The summed E-state index contributed by atoms with van der Waals surface area (Å²) in [4.78, 5) is 31.3. The lowest BCUT2D eigenvalue weighted by Crippen LogP contribution is -2.57. The van der Waals surface area contributed by atoms with Gasteiger partial charge < -0.3 is 14.7 Å². The molecule has 1 saturated heterocycles. The molecule has 0 aliphatic carbocycles. The topological polar surface area (TPSA) is 83.0 Å². The minimum atomic E-state index is -0.950. The Labute approximate surface area is 176 Å². The first kappa shape index (κ1) is 23.7. The average molecular weight is 428 g/mol. The van der Waals surface area contributed by atoms with Gasteiger partial charge >= 0.3 is 12.1 Å². The number of hydrogen-bond acceptors (Lipinski definition) is 5. The van der Waals surface area contributed by atoms with Crippen LogP contribution in [0, 0.1) is 0 Å². The average Bonchev–Trinajstić information content (AvgIpc) is 2.68. The summed E-state index contributed by atoms with van der Waals surface area (Å²) >= 11 is 0. The molecule has 2 heterocycles. The van der Waals surface area contributed by atoms with Crippen molar-refractivity contribution in [2.45, 2.75) is 19.2 Å². The molecule has 1 aliphatic rings. The second-order valence-corrected chi connectivity index (χ2v) is 6.17. The van der Waals surface area contributed by atoms with Crippen molar-refractivity contribution >= 4 is 36.9 Å². The van der Waals surface area contributed by atoms with Crippen molar-refractivity contribution in [1.82, 2.24) is 14.8 Å². The Kier molecular flexibility index (Phi) is 9.72. The Morgan fingerprint density at radius 2 is 1.79 bits per heavy atom. The number of benzene rings is 1. The molecule has 1 N–H and O–H groups in total. The summed E-state index contributed by atoms with van der Waals surface area (Å²) < 4.78 is 5.31. The van der Waals surface area contributed by atoms with Crippen LogP contribution in [0.25, 0.3) is 0 Å². The molecule has 0 bridgehead atoms. The van der Waals surface area contributed by atoms with Gasteiger partial charge in [-0.25, -0.2) is 4.79 Å². The normalized spacial score (nSPS) is 16.4. The molecule has 1 fully saturated rings. The molecule has 0 radical (unpaired) electrons. The summed E-state index contributed by atoms with van der Waals surface area (Å²) in [5, 5.41) is 9.56. The van der Waals surface area contributed by atoms with Gasteiger partial charge in [-0.15, -0.1) is 24.8 Å². The highest BCUT2D eigenvalue weighted by Gasteiger charge is 2.34. The number of piperazine rings is 1. The minimum absolute atomic E-state index is 0. The number of ether oxygens (including phenoxy) is 1. The van der Waals surface area contributed by atoms with E-state index in [9.17, 15) is 14.7 Å². The molecule has 9 heteroatoms. The number of rotatable bonds is 5. The minimum Gasteiger partial charge on any atom is -0.480 e. The first-order valence-corrected chi connectivity index (χ1v) is 8.45. The summed E-state index contributed by atoms with van der Waals surface area (Å²) in [7, 11) is 0. The fourth-order valence-electron chi connectivity index (χ4n) is 2.95. The molecule has 7 nitrogen and oxygen atoms in total. The quantitative estimate of drug-likeness (QED) is 0.789. The maximum absolute atomic E-state index is 12.3. The number of aromatic nitrogens is 1. The highest BCUT2D eigenvalue weighted by atomic mass is 35.5. The van der Waals surface area contributed by atoms with Crippen molar-refractivity contribution in [2.75, 3.05) is 19.6 Å². The third-order valence-electron chi connectivity index (χ3n) is 4.35. The van der Waals surface area contributed by atoms with Crippen LogP contribution in [-0.4, -0.2) is 57.6 Å². The van der Waals surface area contributed by atoms with Crippen molar-refractivity contribution in [3.05, 3.63) is 66.0 Å². The van der Waals surface area contributed by atoms with Crippen LogP contribution in [0.1, 0.15) is 11.1 Å². The van der Waals surface area contributed by atoms with Crippen LogP contribution in [0.5, 0.6) is 0 Å². The van der Waals surface area contributed by atoms with Gasteiger partial charge in [0, 0.05) is 32.0 Å². The Hall–Kier alpha value is -2.35. The maximum atomic E-state index is 12.3. The number of halogens is 2. The summed E-state index contributed by atoms with van der Waals surface area (Å²) in [6.07, 6.45) is 2.92. The molecule has 1 unspecified atom stereocenters. The van der Waals surface area contributed by atoms with Gasteiger partial charge in [0.15, 0.2) is 0 Å². The van der Waals surface area contributed by atoms with E-state index in [2.05, 4.69) is 4.98 Å². The zero-order chi connectivity index (χ0) is 18.4. The van der Waals surface area contributed by atoms with E-state index in [4.69, 9.17) is 4.74 Å². The Balaban J connectivity index is 0.00000196. The van der Waals surface area contributed by atoms with Crippen LogP contribution in [0.2, 0.25) is 0 Å². The van der Waals surface area contributed by atoms with E-state index < -0.39 is 18.1 Å². The number of carbonyl (C=O) groups is 2. The lowest BCUT2D eigenvalue weighted by Gasteiger charge is -2.38. The second kappa shape index (κ2) is 11.5. The largest absolute Gasteiger partial charge is 0.480 e. The van der Waals surface area contributed by atoms with Gasteiger partial charge in [0.05, 0.1) is 6.54 Å². The monoisotopic (exact) mass is 427 g/mol. The van der Waals surface area contributed by atoms with Crippen molar-refractivity contribution in [2.24, 2.45) is 0 Å². The third-order valence-corrected chi connectivity index (χ3v) is 4.35. The van der Waals surface area contributed by atoms with Gasteiger partial charge in [0.1, 0.15) is 12.6 Å². The number of carboxylic acid groups (broad SMARTS) is 1. The van der Waals surface area contributed by atoms with Gasteiger partial charge in [0.2, 0.25) is 0 Å². The molecule has 1 aromatic carbocycles. The molecular weight excluding hydrogens is 405 g/mol. The van der Waals surface area contributed by atoms with Crippen molar-refractivity contribution in [1.29, 1.82) is 0 Å². The number of carboxylic acids is 1. The van der Waals surface area contributed by atoms with Crippen molar-refractivity contribution in [3.8, 4) is 0 Å². The smallest absolute Gasteiger partial charge is 0.410 e. The summed E-state index contributed by atoms with van der Waals surface area (Å²) in [5.41, 5.74) is 1.84. The van der Waals surface area contributed by atoms with E-state index in [-0.39, 0.29) is 38.0 Å². The van der Waals surface area contributed by atoms with Gasteiger partial charge in [-0.05, 0) is 17.2 Å². The van der Waals surface area contributed by atoms with Crippen LogP contribution in [0.3, 0.4) is 0 Å². The van der Waals surface area contributed by atoms with E-state index in [0.29, 0.717) is 19.6 Å². The first-order chi connectivity index (χ1) is 12.6. The number of carbonyl (C=O) groups excluding carboxylic acids is 1. The number of aliphatic carboxylic acids is 1. The van der Waals surface area contributed by atoms with E-state index in [0.717, 1.165) is 11.1 Å². The van der Waals surface area contributed by atoms with E-state index >= 15 is 0 Å². The van der Waals surface area contributed by atoms with E-state index in [1.54, 1.807) is 12.4 Å². The van der Waals surface area contributed by atoms with Crippen LogP contribution in [-0.2, 0) is 22.7 Å². The van der Waals surface area contributed by atoms with Crippen LogP contribution >= 0.6 is 24.8 Å². The zero-order valence-electron chi connectivity index (χ0n) is 15.1. The first-order valence-electron chi connectivity index (χ1n) is 8.45. The van der Waals surface area contributed by atoms with E-state index in [1.807, 2.05) is 47.4 Å². The standard InChI is InChI=1S/C19H21N3O4.2ClH/c23-18(24)17-13-22(19(25)26-14-15-5-2-1-3-6-15)10-9-21(17)12-16-7-4-8-20-11-16;;/h1-8,11,17H,9-10,12-14H2,(H,23,24);2*1H. The summed E-state index contributed by atoms with van der Waals surface area (Å²) in [5.74, 6) is -0.950. The van der Waals surface area contributed by atoms with Crippen molar-refractivity contribution < 1.29 is 19.4 Å². The van der Waals surface area contributed by atoms with Gasteiger partial charge in [-0.3, -0.25) is 14.7 Å². The lowest BCUT2D eigenvalue weighted by molar-refractivity contribution is -0.145. The summed E-state index contributed by atoms with van der Waals surface area (Å²) in [6.45, 7) is 1.65. The Morgan fingerprint density at radius 1 is 1.07 bits per heavy atom. The Bertz CT molecular complexity index is 749. The number of hydrogen-bond donors (Lipinski definition) is 1. The molecule has 3 rings (SSSR count). The maximum Gasteiger partial charge on any atom is 0.410 e. The fourth-order valence-corrected chi connectivity index (χ4v) is 2.95. The highest BCUT2D eigenvalue weighted by molar-refractivity contribution is 5.85. The zero-order valence-corrected chi connectivity index (χ0v) is 16.8. The molecular formula is C19H23Cl2N3O4. The number of nitrogens with zero attached hydrogens (tertiary/aromatic N) is 3. The van der Waals surface area contributed by atoms with Crippen LogP contribution in [0.15, 0.2) is 54.9 Å². The Morgan fingerprint density at radius 3 is 2.43 bits per heavy atom. The molecule has 28 heavy (non-hydrogen) atoms. The van der Waals surface area contributed by atoms with Crippen molar-refractivity contribution in [3.63, 3.8) is 0 Å². The highest BCUT2D eigenvalue weighted by Crippen LogP contribution is 2.15. The van der Waals surface area contributed by atoms with Crippen LogP contribution in [0.4, 0.5) is 4.79 Å². The SMILES string of the molecule is Cl.Cl.O=C(O)C1CN(C(=O)OCc2ccccc2)CCN1Cc1cccnc1. The molecule has 1 atom stereocenters. The fraction of sp³-hybridized carbons (Fsp3) is 0.316. The number of pyridine rings is 1. The predicted molar refractivity (Wildman–Crippen MR) is 109 cm³/mol. The third kappa shape index (κ3) is 6.37. The lowest BCUT2D eigenvalue weighted by atomic mass is 10.1. The van der Waals surface area contributed by atoms with Crippen LogP contribution < -0.4 is 0 Å². The number of amides is 1. The van der Waals surface area contributed by atoms with E-state index in [1.165, 1.54) is 4.90 Å². The molecule has 1 aliphatic heterocycles. The molecule has 1 amide bonds. The molecule has 0 saturated carbocycles. The van der Waals surface area contributed by atoms with Gasteiger partial charge in [-0.2, -0.15) is 0 Å².